The molecule has 0 radical (unpaired) electrons. The second-order valence-electron chi connectivity index (χ2n) is 17.7. The van der Waals surface area contributed by atoms with Crippen LogP contribution < -0.4 is 10.2 Å². The number of piperidine rings is 2. The molecule has 4 aromatic rings. The van der Waals surface area contributed by atoms with E-state index in [-0.39, 0.29) is 30.6 Å². The summed E-state index contributed by atoms with van der Waals surface area (Å²) < 4.78 is 2.00. The van der Waals surface area contributed by atoms with Gasteiger partial charge in [0.1, 0.15) is 6.04 Å². The van der Waals surface area contributed by atoms with Gasteiger partial charge in [-0.25, -0.2) is 4.85 Å². The first-order valence-corrected chi connectivity index (χ1v) is 22.8. The number of amides is 5. The van der Waals surface area contributed by atoms with Crippen molar-refractivity contribution in [1.29, 1.82) is 0 Å². The normalized spacial score (nSPS) is 21.9. The van der Waals surface area contributed by atoms with Crippen LogP contribution in [0.3, 0.4) is 0 Å². The summed E-state index contributed by atoms with van der Waals surface area (Å²) in [4.78, 5) is 76.3. The van der Waals surface area contributed by atoms with Gasteiger partial charge in [-0.15, -0.1) is 0 Å². The van der Waals surface area contributed by atoms with Gasteiger partial charge in [0.2, 0.25) is 23.4 Å². The lowest BCUT2D eigenvalue weighted by atomic mass is 9.81. The Labute approximate surface area is 378 Å². The number of piperazine rings is 1. The fraction of sp³-hybridized carbons (Fsp3) is 0.420. The zero-order chi connectivity index (χ0) is 44.6. The molecule has 3 saturated heterocycles. The summed E-state index contributed by atoms with van der Waals surface area (Å²) in [5, 5.41) is 7.58. The summed E-state index contributed by atoms with van der Waals surface area (Å²) in [6, 6.07) is 18.5. The Kier molecular flexibility index (Phi) is 12.1. The molecule has 4 aliphatic heterocycles. The van der Waals surface area contributed by atoms with Gasteiger partial charge in [0.05, 0.1) is 35.6 Å². The van der Waals surface area contributed by atoms with Crippen LogP contribution in [-0.2, 0) is 20.9 Å². The molecule has 9 rings (SSSR count). The molecular formula is C50H51ClN8O5. The molecule has 64 heavy (non-hydrogen) atoms. The molecule has 1 saturated carbocycles. The average Bonchev–Trinajstić information content (AvgIpc) is 3.74. The van der Waals surface area contributed by atoms with Crippen LogP contribution in [0.4, 0.5) is 11.4 Å². The van der Waals surface area contributed by atoms with Crippen LogP contribution in [0.2, 0.25) is 5.02 Å². The summed E-state index contributed by atoms with van der Waals surface area (Å²) in [5.41, 5.74) is 7.80. The van der Waals surface area contributed by atoms with Crippen molar-refractivity contribution >= 4 is 52.5 Å². The first-order valence-electron chi connectivity index (χ1n) is 22.4. The fourth-order valence-corrected chi connectivity index (χ4v) is 10.4. The minimum absolute atomic E-state index is 0.0465. The summed E-state index contributed by atoms with van der Waals surface area (Å²) in [6.45, 7) is 16.6. The van der Waals surface area contributed by atoms with E-state index in [4.69, 9.17) is 23.3 Å². The maximum atomic E-state index is 13.7. The minimum atomic E-state index is -0.990. The molecule has 0 spiro atoms. The van der Waals surface area contributed by atoms with E-state index in [1.54, 1.807) is 18.2 Å². The van der Waals surface area contributed by atoms with Crippen molar-refractivity contribution < 1.29 is 24.0 Å². The third-order valence-corrected chi connectivity index (χ3v) is 14.3. The van der Waals surface area contributed by atoms with Crippen LogP contribution >= 0.6 is 11.6 Å². The quantitative estimate of drug-likeness (QED) is 0.122. The first-order chi connectivity index (χ1) is 31.0. The zero-order valence-corrected chi connectivity index (χ0v) is 37.0. The molecule has 4 fully saturated rings. The topological polar surface area (TPSA) is 133 Å². The Morgan fingerprint density at radius 3 is 2.30 bits per heavy atom. The van der Waals surface area contributed by atoms with E-state index in [2.05, 4.69) is 74.8 Å². The molecule has 13 nitrogen and oxygen atoms in total. The molecule has 5 heterocycles. The highest BCUT2D eigenvalue weighted by Gasteiger charge is 2.46. The molecule has 5 amide bonds. The molecule has 1 atom stereocenters. The largest absolute Gasteiger partial charge is 0.371 e. The molecule has 5 aliphatic rings. The number of hydrogen-bond donors (Lipinski definition) is 1. The summed E-state index contributed by atoms with van der Waals surface area (Å²) in [6.07, 6.45) is 5.57. The van der Waals surface area contributed by atoms with Gasteiger partial charge in [-0.1, -0.05) is 53.8 Å². The lowest BCUT2D eigenvalue weighted by molar-refractivity contribution is -0.139. The smallest absolute Gasteiger partial charge is 0.264 e. The van der Waals surface area contributed by atoms with E-state index in [0.717, 1.165) is 116 Å². The first kappa shape index (κ1) is 43.0. The maximum absolute atomic E-state index is 13.7. The number of imide groups is 2. The summed E-state index contributed by atoms with van der Waals surface area (Å²) >= 11 is 6.32. The van der Waals surface area contributed by atoms with Gasteiger partial charge in [0.25, 0.3) is 11.8 Å². The Bertz CT molecular complexity index is 2630. The molecule has 14 heteroatoms. The number of nitrogens with one attached hydrogen (secondary N) is 1. The van der Waals surface area contributed by atoms with Crippen molar-refractivity contribution in [1.82, 2.24) is 29.8 Å². The predicted octanol–water partition coefficient (Wildman–Crippen LogP) is 6.79. The summed E-state index contributed by atoms with van der Waals surface area (Å²) in [5.74, 6) is 5.51. The fourth-order valence-electron chi connectivity index (χ4n) is 10.1. The second kappa shape index (κ2) is 18.1. The lowest BCUT2D eigenvalue weighted by Gasteiger charge is -2.44. The second-order valence-corrected chi connectivity index (χ2v) is 18.1. The van der Waals surface area contributed by atoms with Crippen molar-refractivity contribution in [3.63, 3.8) is 0 Å². The van der Waals surface area contributed by atoms with Crippen LogP contribution in [0.1, 0.15) is 94.5 Å². The number of fused-ring (bicyclic) bond motifs is 1. The standard InChI is InChI=1S/C50H51ClN8O5/c1-31-32(2)58(54-46(31)37-17-18-41(52-3)40(51)29-37)30-35-11-9-33(10-12-35)7-8-34-13-15-36(16-14-34)48(62)57-27-25-55(26-28-57)38-21-23-56(24-22-38)42-6-4-5-39-45(42)50(64)59(49(39)63)43-19-20-44(60)53-47(43)61/h4-6,9-12,17-18,29,34,36,38,43H,13-16,19-28,30H2,1-2H3,(H,53,60,61). The van der Waals surface area contributed by atoms with Crippen LogP contribution in [0.25, 0.3) is 16.1 Å². The van der Waals surface area contributed by atoms with Crippen LogP contribution in [-0.4, -0.2) is 105 Å². The molecule has 1 aromatic heterocycles. The van der Waals surface area contributed by atoms with E-state index in [1.165, 1.54) is 0 Å². The van der Waals surface area contributed by atoms with E-state index in [1.807, 2.05) is 22.9 Å². The van der Waals surface area contributed by atoms with Crippen molar-refractivity contribution in [2.45, 2.75) is 83.8 Å². The van der Waals surface area contributed by atoms with Gasteiger partial charge in [0.15, 0.2) is 0 Å². The SMILES string of the molecule is [C-]#[N+]c1ccc(-c2nn(Cc3ccc(C#CC4CCC(C(=O)N5CCN(C6CCN(c7cccc8c7C(=O)N(C7CCC(=O)NC7=O)C8=O)CC6)CC5)CC4)cc3)c(C)c2C)cc1Cl. The Balaban J connectivity index is 0.720. The van der Waals surface area contributed by atoms with Crippen LogP contribution in [0.15, 0.2) is 60.7 Å². The Morgan fingerprint density at radius 2 is 1.61 bits per heavy atom. The molecule has 3 aromatic carbocycles. The molecule has 1 unspecified atom stereocenters. The summed E-state index contributed by atoms with van der Waals surface area (Å²) in [7, 11) is 0. The number of rotatable bonds is 7. The monoisotopic (exact) mass is 878 g/mol. The lowest BCUT2D eigenvalue weighted by Crippen LogP contribution is -2.55. The number of anilines is 1. The molecule has 328 valence electrons. The van der Waals surface area contributed by atoms with Crippen LogP contribution in [0.5, 0.6) is 0 Å². The number of benzene rings is 3. The maximum Gasteiger partial charge on any atom is 0.264 e. The molecule has 1 N–H and O–H groups in total. The number of carbonyl (C=O) groups excluding carboxylic acids is 5. The third kappa shape index (κ3) is 8.43. The van der Waals surface area contributed by atoms with E-state index in [0.29, 0.717) is 40.1 Å². The number of halogens is 1. The molecular weight excluding hydrogens is 828 g/mol. The molecule has 1 aliphatic carbocycles. The van der Waals surface area contributed by atoms with E-state index >= 15 is 0 Å². The van der Waals surface area contributed by atoms with Gasteiger partial charge in [0, 0.05) is 85.4 Å². The van der Waals surface area contributed by atoms with Crippen molar-refractivity contribution in [2.75, 3.05) is 44.2 Å². The van der Waals surface area contributed by atoms with Crippen LogP contribution in [0, 0.1) is 44.1 Å². The highest BCUT2D eigenvalue weighted by atomic mass is 35.5. The third-order valence-electron chi connectivity index (χ3n) is 14.0. The van der Waals surface area contributed by atoms with Crippen molar-refractivity contribution in [3.05, 3.63) is 111 Å². The average molecular weight is 879 g/mol. The van der Waals surface area contributed by atoms with Gasteiger partial charge in [-0.3, -0.25) is 43.8 Å². The number of carbonyl (C=O) groups is 5. The number of nitrogens with zero attached hydrogens (tertiary/aromatic N) is 7. The van der Waals surface area contributed by atoms with Crippen molar-refractivity contribution in [2.24, 2.45) is 11.8 Å². The van der Waals surface area contributed by atoms with Crippen molar-refractivity contribution in [3.8, 4) is 23.1 Å². The Morgan fingerprint density at radius 1 is 0.875 bits per heavy atom. The predicted molar refractivity (Wildman–Crippen MR) is 243 cm³/mol. The van der Waals surface area contributed by atoms with Gasteiger partial charge in [-0.05, 0) is 100 Å². The number of aromatic nitrogens is 2. The Hall–Kier alpha value is -6.28. The highest BCUT2D eigenvalue weighted by Crippen LogP contribution is 2.37. The zero-order valence-electron chi connectivity index (χ0n) is 36.2. The highest BCUT2D eigenvalue weighted by molar-refractivity contribution is 6.33. The van der Waals surface area contributed by atoms with E-state index in [9.17, 15) is 24.0 Å². The van der Waals surface area contributed by atoms with Gasteiger partial charge < -0.3 is 9.80 Å². The number of hydrogen-bond acceptors (Lipinski definition) is 8. The van der Waals surface area contributed by atoms with Gasteiger partial charge >= 0.3 is 0 Å². The van der Waals surface area contributed by atoms with E-state index < -0.39 is 29.7 Å². The minimum Gasteiger partial charge on any atom is -0.371 e. The molecule has 0 bridgehead atoms. The van der Waals surface area contributed by atoms with Gasteiger partial charge in [-0.2, -0.15) is 5.10 Å².